The number of likely N-dealkylation sites (tertiary alicyclic amines) is 1. The summed E-state index contributed by atoms with van der Waals surface area (Å²) in [6.07, 6.45) is -0.161. The van der Waals surface area contributed by atoms with Crippen molar-refractivity contribution in [3.63, 3.8) is 0 Å². The Morgan fingerprint density at radius 2 is 1.51 bits per heavy atom. The summed E-state index contributed by atoms with van der Waals surface area (Å²) >= 11 is 7.82. The lowest BCUT2D eigenvalue weighted by molar-refractivity contribution is -0.145. The lowest BCUT2D eigenvalue weighted by Gasteiger charge is -2.29. The van der Waals surface area contributed by atoms with Crippen LogP contribution in [0.25, 0.3) is 0 Å². The number of aliphatic hydroxyl groups excluding tert-OH is 1. The molecule has 0 unspecified atom stereocenters. The number of guanidine groups is 1. The number of carbonyl (C=O) groups is 8. The Morgan fingerprint density at radius 1 is 0.857 bits per heavy atom. The molecule has 14 N–H and O–H groups in total. The van der Waals surface area contributed by atoms with Gasteiger partial charge in [0.2, 0.25) is 35.4 Å². The average Bonchev–Trinajstić information content (AvgIpc) is 3.54. The van der Waals surface area contributed by atoms with E-state index in [0.29, 0.717) is 6.42 Å². The van der Waals surface area contributed by atoms with Crippen LogP contribution >= 0.6 is 25.3 Å². The Bertz CT molecular complexity index is 1240. The molecule has 1 aliphatic rings. The minimum absolute atomic E-state index is 0.0260. The molecular weight excluding hydrogens is 692 g/mol. The van der Waals surface area contributed by atoms with Crippen LogP contribution in [0, 0.1) is 5.41 Å². The lowest BCUT2D eigenvalue weighted by Crippen LogP contribution is -2.59. The summed E-state index contributed by atoms with van der Waals surface area (Å²) in [4.78, 5) is 101. The fourth-order valence-corrected chi connectivity index (χ4v) is 4.91. The number of thiol groups is 2. The van der Waals surface area contributed by atoms with Gasteiger partial charge in [-0.1, -0.05) is 0 Å². The zero-order chi connectivity index (χ0) is 37.3. The normalized spacial score (nSPS) is 16.9. The monoisotopic (exact) mass is 736 g/mol. The van der Waals surface area contributed by atoms with Crippen LogP contribution in [0.5, 0.6) is 0 Å². The van der Waals surface area contributed by atoms with E-state index in [1.807, 2.05) is 0 Å². The van der Waals surface area contributed by atoms with Crippen LogP contribution in [-0.4, -0.2) is 148 Å². The van der Waals surface area contributed by atoms with E-state index in [1.54, 1.807) is 0 Å². The Morgan fingerprint density at radius 3 is 2.06 bits per heavy atom. The van der Waals surface area contributed by atoms with Gasteiger partial charge < -0.3 is 63.6 Å². The van der Waals surface area contributed by atoms with E-state index in [1.165, 1.54) is 0 Å². The van der Waals surface area contributed by atoms with Gasteiger partial charge in [0.1, 0.15) is 30.2 Å². The smallest absolute Gasteiger partial charge is 0.327 e. The summed E-state index contributed by atoms with van der Waals surface area (Å²) in [6, 6.07) is -8.13. The van der Waals surface area contributed by atoms with E-state index in [4.69, 9.17) is 16.9 Å². The van der Waals surface area contributed by atoms with Crippen LogP contribution in [-0.2, 0) is 38.4 Å². The van der Waals surface area contributed by atoms with Crippen molar-refractivity contribution in [2.24, 2.45) is 11.5 Å². The summed E-state index contributed by atoms with van der Waals surface area (Å²) in [5.41, 5.74) is 10.9. The Balaban J connectivity index is 2.93. The fraction of sp³-hybridized carbons (Fsp3) is 0.654. The zero-order valence-corrected chi connectivity index (χ0v) is 28.1. The first kappa shape index (κ1) is 42.7. The molecule has 0 aromatic carbocycles. The molecule has 21 nitrogen and oxygen atoms in total. The van der Waals surface area contributed by atoms with Gasteiger partial charge in [-0.05, 0) is 25.7 Å². The van der Waals surface area contributed by atoms with Crippen molar-refractivity contribution in [1.29, 1.82) is 5.41 Å². The lowest BCUT2D eigenvalue weighted by atomic mass is 10.1. The van der Waals surface area contributed by atoms with E-state index < -0.39 is 103 Å². The molecule has 6 atom stereocenters. The molecule has 1 rings (SSSR count). The molecule has 23 heteroatoms. The van der Waals surface area contributed by atoms with Crippen molar-refractivity contribution in [3.8, 4) is 0 Å². The van der Waals surface area contributed by atoms with E-state index in [-0.39, 0.29) is 49.8 Å². The minimum Gasteiger partial charge on any atom is -0.481 e. The quantitative estimate of drug-likeness (QED) is 0.0226. The molecular formula is C26H44N10O11S2. The van der Waals surface area contributed by atoms with Crippen LogP contribution in [0.15, 0.2) is 0 Å². The standard InChI is InChI=1S/C26H44N10O11S2/c27-12(10-48)20(41)33-13(3-1-5-30-26(28)29)21(42)31-8-18(38)32-14(7-19(39)40)22(43)34-15(9-37)24(45)36-6-2-4-17(36)23(44)35-16(11-49)25(46)47/h12-17,37,48-49H,1-11,27H2,(H,31,42)(H,32,38)(H,33,41)(H,34,43)(H,35,44)(H,39,40)(H,46,47)(H4,28,29,30)/t12-,13+,14+,15+,16+,17+/m1/s1. The predicted molar refractivity (Wildman–Crippen MR) is 177 cm³/mol. The van der Waals surface area contributed by atoms with Crippen molar-refractivity contribution >= 4 is 78.6 Å². The molecule has 0 aromatic heterocycles. The van der Waals surface area contributed by atoms with Gasteiger partial charge in [-0.3, -0.25) is 39.0 Å². The number of rotatable bonds is 21. The van der Waals surface area contributed by atoms with Crippen molar-refractivity contribution in [2.75, 3.05) is 37.7 Å². The first-order chi connectivity index (χ1) is 23.1. The summed E-state index contributed by atoms with van der Waals surface area (Å²) in [6.45, 7) is -1.52. The number of hydrogen-bond acceptors (Lipinski definition) is 13. The molecule has 0 bridgehead atoms. The van der Waals surface area contributed by atoms with Crippen LogP contribution in [0.1, 0.15) is 32.1 Å². The number of nitrogens with two attached hydrogens (primary N) is 2. The number of amides is 6. The van der Waals surface area contributed by atoms with Gasteiger partial charge >= 0.3 is 11.9 Å². The minimum atomic E-state index is -1.78. The summed E-state index contributed by atoms with van der Waals surface area (Å²) in [5.74, 6) is -8.85. The number of aliphatic hydroxyl groups is 1. The molecule has 1 saturated heterocycles. The summed E-state index contributed by atoms with van der Waals surface area (Å²) < 4.78 is 0. The molecule has 0 spiro atoms. The number of nitrogens with zero attached hydrogens (tertiary/aromatic N) is 1. The Hall–Kier alpha value is -4.35. The maximum absolute atomic E-state index is 13.2. The highest BCUT2D eigenvalue weighted by Crippen LogP contribution is 2.19. The summed E-state index contributed by atoms with van der Waals surface area (Å²) in [5, 5.41) is 49.4. The average molecular weight is 737 g/mol. The Kier molecular flexibility index (Phi) is 18.8. The van der Waals surface area contributed by atoms with Crippen LogP contribution < -0.4 is 43.4 Å². The van der Waals surface area contributed by atoms with Crippen LogP contribution in [0.3, 0.4) is 0 Å². The van der Waals surface area contributed by atoms with E-state index >= 15 is 0 Å². The number of carboxylic acid groups (broad SMARTS) is 2. The molecule has 0 radical (unpaired) electrons. The third kappa shape index (κ3) is 14.7. The molecule has 0 aromatic rings. The van der Waals surface area contributed by atoms with Gasteiger partial charge in [-0.2, -0.15) is 25.3 Å². The SMILES string of the molecule is N=C(N)NCCC[C@H](NC(=O)[C@H](N)CS)C(=O)NCC(=O)N[C@@H](CC(=O)O)C(=O)N[C@@H](CO)C(=O)N1CCC[C@H]1C(=O)N[C@@H](CS)C(=O)O. The number of carbonyl (C=O) groups excluding carboxylic acids is 6. The van der Waals surface area contributed by atoms with Crippen molar-refractivity contribution in [3.05, 3.63) is 0 Å². The molecule has 276 valence electrons. The van der Waals surface area contributed by atoms with E-state index in [0.717, 1.165) is 4.90 Å². The fourth-order valence-electron chi connectivity index (χ4n) is 4.49. The maximum atomic E-state index is 13.2. The molecule has 49 heavy (non-hydrogen) atoms. The highest BCUT2D eigenvalue weighted by Gasteiger charge is 2.39. The number of aliphatic carboxylic acids is 2. The number of nitrogens with one attached hydrogen (secondary N) is 7. The molecule has 6 amide bonds. The first-order valence-electron chi connectivity index (χ1n) is 14.9. The molecule has 1 heterocycles. The van der Waals surface area contributed by atoms with Gasteiger partial charge in [-0.15, -0.1) is 0 Å². The second kappa shape index (κ2) is 21.6. The highest BCUT2D eigenvalue weighted by atomic mass is 32.1. The van der Waals surface area contributed by atoms with Gasteiger partial charge in [-0.25, -0.2) is 4.79 Å². The second-order valence-electron chi connectivity index (χ2n) is 10.8. The third-order valence-corrected chi connectivity index (χ3v) is 7.80. The van der Waals surface area contributed by atoms with Gasteiger partial charge in [0.15, 0.2) is 5.96 Å². The van der Waals surface area contributed by atoms with Crippen molar-refractivity contribution in [1.82, 2.24) is 36.8 Å². The molecule has 1 fully saturated rings. The van der Waals surface area contributed by atoms with Crippen LogP contribution in [0.4, 0.5) is 0 Å². The van der Waals surface area contributed by atoms with Crippen LogP contribution in [0.2, 0.25) is 0 Å². The molecule has 0 saturated carbocycles. The highest BCUT2D eigenvalue weighted by molar-refractivity contribution is 7.80. The van der Waals surface area contributed by atoms with Crippen molar-refractivity contribution in [2.45, 2.75) is 68.4 Å². The molecule has 0 aliphatic carbocycles. The predicted octanol–water partition coefficient (Wildman–Crippen LogP) is -5.97. The van der Waals surface area contributed by atoms with Gasteiger partial charge in [0.05, 0.1) is 25.6 Å². The maximum Gasteiger partial charge on any atom is 0.327 e. The van der Waals surface area contributed by atoms with E-state index in [2.05, 4.69) is 57.2 Å². The Labute approximate surface area is 291 Å². The second-order valence-corrected chi connectivity index (χ2v) is 11.5. The third-order valence-electron chi connectivity index (χ3n) is 7.04. The van der Waals surface area contributed by atoms with Gasteiger partial charge in [0, 0.05) is 24.6 Å². The van der Waals surface area contributed by atoms with E-state index in [9.17, 15) is 53.7 Å². The number of hydrogen-bond donors (Lipinski definition) is 14. The topological polar surface area (TPSA) is 349 Å². The largest absolute Gasteiger partial charge is 0.481 e. The van der Waals surface area contributed by atoms with Gasteiger partial charge in [0.25, 0.3) is 0 Å². The molecule has 1 aliphatic heterocycles. The zero-order valence-electron chi connectivity index (χ0n) is 26.3. The van der Waals surface area contributed by atoms with Crippen molar-refractivity contribution < 1.29 is 53.7 Å². The summed E-state index contributed by atoms with van der Waals surface area (Å²) in [7, 11) is 0. The number of carboxylic acids is 2. The first-order valence-corrected chi connectivity index (χ1v) is 16.2.